The number of nitrogens with one attached hydrogen (secondary N) is 3. The molecule has 1 aliphatic carbocycles. The molecule has 7 heteroatoms. The quantitative estimate of drug-likeness (QED) is 0.689. The van der Waals surface area contributed by atoms with E-state index in [0.29, 0.717) is 24.7 Å². The fourth-order valence-electron chi connectivity index (χ4n) is 4.95. The first-order chi connectivity index (χ1) is 13.2. The van der Waals surface area contributed by atoms with Crippen molar-refractivity contribution in [3.05, 3.63) is 24.2 Å². The van der Waals surface area contributed by atoms with E-state index < -0.39 is 0 Å². The number of thiocarbonyl (C=S) groups is 1. The minimum atomic E-state index is 0.0123. The molecule has 1 aromatic rings. The number of nitrogens with zero attached hydrogens (tertiary/aromatic N) is 1. The molecule has 2 saturated heterocycles. The number of fused-ring (bicyclic) bond motifs is 2. The van der Waals surface area contributed by atoms with Crippen molar-refractivity contribution in [3.8, 4) is 0 Å². The van der Waals surface area contributed by atoms with Gasteiger partial charge in [0.1, 0.15) is 5.76 Å². The fraction of sp³-hybridized carbons (Fsp3) is 0.700. The third-order valence-electron chi connectivity index (χ3n) is 6.24. The summed E-state index contributed by atoms with van der Waals surface area (Å²) < 4.78 is 5.37. The van der Waals surface area contributed by atoms with Crippen molar-refractivity contribution >= 4 is 23.4 Å². The minimum absolute atomic E-state index is 0.0123. The molecule has 3 fully saturated rings. The summed E-state index contributed by atoms with van der Waals surface area (Å²) in [6.45, 7) is 0.618. The molecule has 0 spiro atoms. The third-order valence-corrected chi connectivity index (χ3v) is 6.59. The summed E-state index contributed by atoms with van der Waals surface area (Å²) >= 11 is 5.65. The summed E-state index contributed by atoms with van der Waals surface area (Å²) in [5, 5.41) is 10.5. The van der Waals surface area contributed by atoms with E-state index in [1.807, 2.05) is 12.1 Å². The van der Waals surface area contributed by atoms with Crippen LogP contribution in [0.1, 0.15) is 63.5 Å². The van der Waals surface area contributed by atoms with Crippen LogP contribution in [0.25, 0.3) is 0 Å². The van der Waals surface area contributed by atoms with Gasteiger partial charge in [-0.05, 0) is 62.9 Å². The van der Waals surface area contributed by atoms with Gasteiger partial charge < -0.3 is 25.3 Å². The Kier molecular flexibility index (Phi) is 5.86. The Morgan fingerprint density at radius 2 is 1.78 bits per heavy atom. The second-order valence-electron chi connectivity index (χ2n) is 8.15. The maximum atomic E-state index is 12.4. The molecule has 27 heavy (non-hydrogen) atoms. The standard InChI is InChI=1S/C20H30N4O2S/c25-19(22-14-5-2-1-3-6-14)23-15-11-16-8-9-17(12-15)24(16)20(27)21-13-18-7-4-10-26-18/h4,7,10,14-17H,1-3,5-6,8-9,11-13H2,(H,21,27)(H2,22,23,25). The monoisotopic (exact) mass is 390 g/mol. The lowest BCUT2D eigenvalue weighted by Crippen LogP contribution is -2.56. The Hall–Kier alpha value is -1.76. The molecule has 2 aliphatic heterocycles. The van der Waals surface area contributed by atoms with Gasteiger partial charge in [0.05, 0.1) is 12.8 Å². The van der Waals surface area contributed by atoms with E-state index in [1.54, 1.807) is 6.26 Å². The predicted molar refractivity (Wildman–Crippen MR) is 108 cm³/mol. The predicted octanol–water partition coefficient (Wildman–Crippen LogP) is 3.28. The number of piperidine rings is 1. The van der Waals surface area contributed by atoms with E-state index in [0.717, 1.165) is 49.4 Å². The molecule has 0 radical (unpaired) electrons. The first kappa shape index (κ1) is 18.6. The van der Waals surface area contributed by atoms with Gasteiger partial charge in [-0.1, -0.05) is 19.3 Å². The van der Waals surface area contributed by atoms with Crippen molar-refractivity contribution < 1.29 is 9.21 Å². The molecule has 0 aromatic carbocycles. The Balaban J connectivity index is 1.25. The number of hydrogen-bond acceptors (Lipinski definition) is 3. The smallest absolute Gasteiger partial charge is 0.315 e. The molecule has 3 heterocycles. The van der Waals surface area contributed by atoms with Crippen molar-refractivity contribution in [1.29, 1.82) is 0 Å². The summed E-state index contributed by atoms with van der Waals surface area (Å²) in [5.41, 5.74) is 0. The summed E-state index contributed by atoms with van der Waals surface area (Å²) in [6, 6.07) is 5.29. The van der Waals surface area contributed by atoms with Gasteiger partial charge in [0.15, 0.2) is 5.11 Å². The molecule has 148 valence electrons. The van der Waals surface area contributed by atoms with Crippen molar-refractivity contribution in [2.24, 2.45) is 0 Å². The van der Waals surface area contributed by atoms with Gasteiger partial charge in [0.25, 0.3) is 0 Å². The van der Waals surface area contributed by atoms with Crippen LogP contribution in [0.3, 0.4) is 0 Å². The van der Waals surface area contributed by atoms with Crippen LogP contribution in [0.2, 0.25) is 0 Å². The number of amides is 2. The largest absolute Gasteiger partial charge is 0.467 e. The minimum Gasteiger partial charge on any atom is -0.467 e. The highest BCUT2D eigenvalue weighted by Crippen LogP contribution is 2.35. The Morgan fingerprint density at radius 3 is 2.44 bits per heavy atom. The molecular formula is C20H30N4O2S. The van der Waals surface area contributed by atoms with Crippen LogP contribution in [0.5, 0.6) is 0 Å². The van der Waals surface area contributed by atoms with Crippen LogP contribution in [-0.4, -0.2) is 40.2 Å². The summed E-state index contributed by atoms with van der Waals surface area (Å²) in [6.07, 6.45) is 11.9. The number of urea groups is 1. The van der Waals surface area contributed by atoms with Crippen LogP contribution in [0, 0.1) is 0 Å². The molecule has 4 rings (SSSR count). The lowest BCUT2D eigenvalue weighted by atomic mass is 9.95. The topological polar surface area (TPSA) is 69.5 Å². The average Bonchev–Trinajstić information content (AvgIpc) is 3.27. The molecule has 2 amide bonds. The Morgan fingerprint density at radius 1 is 1.07 bits per heavy atom. The van der Waals surface area contributed by atoms with E-state index in [1.165, 1.54) is 19.3 Å². The fourth-order valence-corrected chi connectivity index (χ4v) is 5.32. The highest BCUT2D eigenvalue weighted by atomic mass is 32.1. The van der Waals surface area contributed by atoms with Crippen molar-refractivity contribution in [1.82, 2.24) is 20.9 Å². The molecule has 1 saturated carbocycles. The zero-order valence-electron chi connectivity index (χ0n) is 15.8. The van der Waals surface area contributed by atoms with Crippen LogP contribution in [-0.2, 0) is 6.54 Å². The molecule has 2 unspecified atom stereocenters. The normalized spacial score (nSPS) is 28.0. The van der Waals surface area contributed by atoms with Crippen LogP contribution >= 0.6 is 12.2 Å². The maximum Gasteiger partial charge on any atom is 0.315 e. The van der Waals surface area contributed by atoms with Gasteiger partial charge in [-0.25, -0.2) is 4.79 Å². The average molecular weight is 391 g/mol. The molecule has 1 aromatic heterocycles. The first-order valence-electron chi connectivity index (χ1n) is 10.3. The molecule has 2 bridgehead atoms. The lowest BCUT2D eigenvalue weighted by molar-refractivity contribution is 0.186. The van der Waals surface area contributed by atoms with E-state index in [9.17, 15) is 4.79 Å². The first-order valence-corrected chi connectivity index (χ1v) is 10.8. The van der Waals surface area contributed by atoms with Crippen molar-refractivity contribution in [3.63, 3.8) is 0 Å². The second-order valence-corrected chi connectivity index (χ2v) is 8.54. The van der Waals surface area contributed by atoms with Crippen LogP contribution < -0.4 is 16.0 Å². The number of furan rings is 1. The van der Waals surface area contributed by atoms with Crippen LogP contribution in [0.4, 0.5) is 4.79 Å². The Labute approximate surface area is 166 Å². The van der Waals surface area contributed by atoms with E-state index in [4.69, 9.17) is 16.6 Å². The number of carbonyl (C=O) groups excluding carboxylic acids is 1. The zero-order valence-corrected chi connectivity index (χ0v) is 16.6. The number of rotatable bonds is 4. The summed E-state index contributed by atoms with van der Waals surface area (Å²) in [4.78, 5) is 14.7. The van der Waals surface area contributed by atoms with Crippen LogP contribution in [0.15, 0.2) is 22.8 Å². The van der Waals surface area contributed by atoms with Gasteiger partial charge in [-0.2, -0.15) is 0 Å². The van der Waals surface area contributed by atoms with Gasteiger partial charge in [-0.3, -0.25) is 0 Å². The summed E-state index contributed by atoms with van der Waals surface area (Å²) in [7, 11) is 0. The van der Waals surface area contributed by atoms with Crippen molar-refractivity contribution in [2.45, 2.75) is 88.5 Å². The number of carbonyl (C=O) groups is 1. The summed E-state index contributed by atoms with van der Waals surface area (Å²) in [5.74, 6) is 0.889. The van der Waals surface area contributed by atoms with Gasteiger partial charge >= 0.3 is 6.03 Å². The van der Waals surface area contributed by atoms with E-state index in [-0.39, 0.29) is 12.1 Å². The zero-order chi connectivity index (χ0) is 18.6. The van der Waals surface area contributed by atoms with Gasteiger partial charge in [0, 0.05) is 24.2 Å². The van der Waals surface area contributed by atoms with Gasteiger partial charge in [0.2, 0.25) is 0 Å². The van der Waals surface area contributed by atoms with E-state index >= 15 is 0 Å². The highest BCUT2D eigenvalue weighted by Gasteiger charge is 2.42. The van der Waals surface area contributed by atoms with Crippen molar-refractivity contribution in [2.75, 3.05) is 0 Å². The molecule has 2 atom stereocenters. The SMILES string of the molecule is O=C(NC1CCCCC1)NC1CC2CCC(C1)N2C(=S)NCc1ccco1. The van der Waals surface area contributed by atoms with E-state index in [2.05, 4.69) is 20.9 Å². The maximum absolute atomic E-state index is 12.4. The molecule has 3 N–H and O–H groups in total. The lowest BCUT2D eigenvalue weighted by Gasteiger charge is -2.40. The third kappa shape index (κ3) is 4.57. The molecule has 6 nitrogen and oxygen atoms in total. The van der Waals surface area contributed by atoms with Gasteiger partial charge in [-0.15, -0.1) is 0 Å². The second kappa shape index (κ2) is 8.50. The highest BCUT2D eigenvalue weighted by molar-refractivity contribution is 7.80. The molecule has 3 aliphatic rings. The Bertz CT molecular complexity index is 630. The number of hydrogen-bond donors (Lipinski definition) is 3. The molecular weight excluding hydrogens is 360 g/mol.